The van der Waals surface area contributed by atoms with Gasteiger partial charge in [0.1, 0.15) is 11.3 Å². The van der Waals surface area contributed by atoms with Gasteiger partial charge in [0.05, 0.1) is 6.61 Å². The topological polar surface area (TPSA) is 92.7 Å². The van der Waals surface area contributed by atoms with Crippen LogP contribution in [0.2, 0.25) is 0 Å². The van der Waals surface area contributed by atoms with Crippen molar-refractivity contribution in [2.75, 3.05) is 6.61 Å². The number of carboxylic acid groups (broad SMARTS) is 1. The van der Waals surface area contributed by atoms with Crippen molar-refractivity contribution in [1.29, 1.82) is 0 Å². The quantitative estimate of drug-likeness (QED) is 0.506. The third-order valence-electron chi connectivity index (χ3n) is 3.72. The van der Waals surface area contributed by atoms with Gasteiger partial charge in [0, 0.05) is 12.0 Å². The lowest BCUT2D eigenvalue weighted by molar-refractivity contribution is -0.147. The molecule has 1 rings (SSSR count). The number of carboxylic acids is 1. The van der Waals surface area contributed by atoms with Crippen LogP contribution in [0.1, 0.15) is 56.8 Å². The number of ketones is 1. The lowest BCUT2D eigenvalue weighted by Gasteiger charge is -2.25. The Balaban J connectivity index is 2.37. The number of carbonyl (C=O) groups is 3. The van der Waals surface area contributed by atoms with Gasteiger partial charge in [0.25, 0.3) is 0 Å². The van der Waals surface area contributed by atoms with Crippen LogP contribution < -0.4 is 10.1 Å². The first-order valence-electron chi connectivity index (χ1n) is 8.06. The van der Waals surface area contributed by atoms with Crippen LogP contribution in [-0.2, 0) is 9.59 Å². The Morgan fingerprint density at radius 2 is 1.83 bits per heavy atom. The minimum Gasteiger partial charge on any atom is -0.494 e. The van der Waals surface area contributed by atoms with E-state index in [1.54, 1.807) is 24.3 Å². The molecule has 1 amide bonds. The first-order valence-corrected chi connectivity index (χ1v) is 8.06. The zero-order chi connectivity index (χ0) is 18.2. The number of Topliss-reactive ketones (excluding diaryl/α,β-unsaturated/α-hetero) is 1. The number of amides is 1. The summed E-state index contributed by atoms with van der Waals surface area (Å²) in [7, 11) is 0. The molecule has 0 aliphatic carbocycles. The molecule has 0 aliphatic rings. The molecule has 0 spiro atoms. The van der Waals surface area contributed by atoms with Crippen molar-refractivity contribution in [3.63, 3.8) is 0 Å². The summed E-state index contributed by atoms with van der Waals surface area (Å²) in [5.74, 6) is -0.711. The number of aliphatic carboxylic acids is 1. The van der Waals surface area contributed by atoms with Crippen molar-refractivity contribution in [1.82, 2.24) is 5.32 Å². The van der Waals surface area contributed by atoms with Crippen molar-refractivity contribution in [2.45, 2.75) is 52.0 Å². The van der Waals surface area contributed by atoms with Crippen molar-refractivity contribution >= 4 is 17.7 Å². The molecular weight excluding hydrogens is 310 g/mol. The normalized spacial score (nSPS) is 13.0. The van der Waals surface area contributed by atoms with Crippen LogP contribution in [0, 0.1) is 0 Å². The molecule has 1 aromatic carbocycles. The van der Waals surface area contributed by atoms with E-state index in [0.717, 1.165) is 0 Å². The highest BCUT2D eigenvalue weighted by Crippen LogP contribution is 2.14. The zero-order valence-corrected chi connectivity index (χ0v) is 14.4. The third-order valence-corrected chi connectivity index (χ3v) is 3.72. The average molecular weight is 335 g/mol. The van der Waals surface area contributed by atoms with Crippen LogP contribution in [0.25, 0.3) is 0 Å². The zero-order valence-electron chi connectivity index (χ0n) is 14.4. The lowest BCUT2D eigenvalue weighted by Crippen LogP contribution is -2.52. The molecule has 1 unspecified atom stereocenters. The maximum absolute atomic E-state index is 11.9. The molecule has 1 atom stereocenters. The number of carbonyl (C=O) groups excluding carboxylic acids is 2. The smallest absolute Gasteiger partial charge is 0.329 e. The van der Waals surface area contributed by atoms with E-state index in [2.05, 4.69) is 5.32 Å². The average Bonchev–Trinajstić information content (AvgIpc) is 2.52. The maximum Gasteiger partial charge on any atom is 0.329 e. The molecule has 0 radical (unpaired) electrons. The summed E-state index contributed by atoms with van der Waals surface area (Å²) in [6.07, 6.45) is 1.72. The molecule has 0 aliphatic heterocycles. The van der Waals surface area contributed by atoms with Crippen LogP contribution in [0.5, 0.6) is 5.75 Å². The van der Waals surface area contributed by atoms with E-state index >= 15 is 0 Å². The van der Waals surface area contributed by atoms with E-state index in [1.807, 2.05) is 6.92 Å². The highest BCUT2D eigenvalue weighted by molar-refractivity contribution is 5.94. The fourth-order valence-corrected chi connectivity index (χ4v) is 2.30. The fourth-order valence-electron chi connectivity index (χ4n) is 2.30. The highest BCUT2D eigenvalue weighted by Gasteiger charge is 2.33. The Hall–Kier alpha value is -2.37. The van der Waals surface area contributed by atoms with Crippen molar-refractivity contribution in [2.24, 2.45) is 0 Å². The number of nitrogens with one attached hydrogen (secondary N) is 1. The Morgan fingerprint density at radius 1 is 1.21 bits per heavy atom. The summed E-state index contributed by atoms with van der Waals surface area (Å²) in [5, 5.41) is 11.8. The molecule has 0 bridgehead atoms. The van der Waals surface area contributed by atoms with Crippen LogP contribution in [0.15, 0.2) is 24.3 Å². The fraction of sp³-hybridized carbons (Fsp3) is 0.500. The Kier molecular flexibility index (Phi) is 7.42. The second-order valence-corrected chi connectivity index (χ2v) is 5.97. The lowest BCUT2D eigenvalue weighted by atomic mass is 9.96. The molecule has 1 aromatic rings. The Bertz CT molecular complexity index is 582. The van der Waals surface area contributed by atoms with Crippen LogP contribution in [0.4, 0.5) is 0 Å². The van der Waals surface area contributed by atoms with E-state index in [-0.39, 0.29) is 18.1 Å². The number of benzene rings is 1. The van der Waals surface area contributed by atoms with Gasteiger partial charge in [0.15, 0.2) is 5.78 Å². The summed E-state index contributed by atoms with van der Waals surface area (Å²) >= 11 is 0. The van der Waals surface area contributed by atoms with E-state index < -0.39 is 11.5 Å². The molecular formula is C18H25NO5. The van der Waals surface area contributed by atoms with Crippen molar-refractivity contribution < 1.29 is 24.2 Å². The summed E-state index contributed by atoms with van der Waals surface area (Å²) < 4.78 is 5.51. The predicted octanol–water partition coefficient (Wildman–Crippen LogP) is 2.81. The largest absolute Gasteiger partial charge is 0.494 e. The molecule has 0 saturated carbocycles. The number of ether oxygens (including phenoxy) is 1. The first-order chi connectivity index (χ1) is 11.3. The third kappa shape index (κ3) is 6.02. The van der Waals surface area contributed by atoms with E-state index in [1.165, 1.54) is 13.8 Å². The minimum absolute atomic E-state index is 0.00761. The second kappa shape index (κ2) is 9.05. The van der Waals surface area contributed by atoms with Gasteiger partial charge in [-0.25, -0.2) is 4.79 Å². The van der Waals surface area contributed by atoms with E-state index in [9.17, 15) is 19.5 Å². The van der Waals surface area contributed by atoms with Gasteiger partial charge in [-0.2, -0.15) is 0 Å². The highest BCUT2D eigenvalue weighted by atomic mass is 16.5. The summed E-state index contributed by atoms with van der Waals surface area (Å²) in [6, 6.07) is 6.79. The maximum atomic E-state index is 11.9. The van der Waals surface area contributed by atoms with Crippen molar-refractivity contribution in [3.8, 4) is 5.75 Å². The van der Waals surface area contributed by atoms with Gasteiger partial charge >= 0.3 is 5.97 Å². The summed E-state index contributed by atoms with van der Waals surface area (Å²) in [4.78, 5) is 34.3. The molecule has 132 valence electrons. The van der Waals surface area contributed by atoms with E-state index in [4.69, 9.17) is 4.74 Å². The summed E-state index contributed by atoms with van der Waals surface area (Å²) in [6.45, 7) is 5.23. The Labute approximate surface area is 142 Å². The van der Waals surface area contributed by atoms with Gasteiger partial charge in [0.2, 0.25) is 5.91 Å². The molecule has 0 fully saturated rings. The molecule has 6 nitrogen and oxygen atoms in total. The molecule has 0 aromatic heterocycles. The summed E-state index contributed by atoms with van der Waals surface area (Å²) in [5.41, 5.74) is -0.611. The number of hydrogen-bond acceptors (Lipinski definition) is 4. The van der Waals surface area contributed by atoms with Gasteiger partial charge in [-0.15, -0.1) is 0 Å². The van der Waals surface area contributed by atoms with Gasteiger partial charge < -0.3 is 15.2 Å². The van der Waals surface area contributed by atoms with Gasteiger partial charge in [-0.3, -0.25) is 9.59 Å². The first kappa shape index (κ1) is 19.7. The van der Waals surface area contributed by atoms with E-state index in [0.29, 0.717) is 37.2 Å². The predicted molar refractivity (Wildman–Crippen MR) is 90.3 cm³/mol. The molecule has 6 heteroatoms. The van der Waals surface area contributed by atoms with Gasteiger partial charge in [-0.05, 0) is 51.0 Å². The monoisotopic (exact) mass is 335 g/mol. The second-order valence-electron chi connectivity index (χ2n) is 5.97. The molecule has 2 N–H and O–H groups in total. The molecule has 0 saturated heterocycles. The molecule has 24 heavy (non-hydrogen) atoms. The Morgan fingerprint density at radius 3 is 2.33 bits per heavy atom. The van der Waals surface area contributed by atoms with Gasteiger partial charge in [-0.1, -0.05) is 13.3 Å². The van der Waals surface area contributed by atoms with Crippen molar-refractivity contribution in [3.05, 3.63) is 29.8 Å². The minimum atomic E-state index is -1.23. The number of rotatable bonds is 10. The van der Waals surface area contributed by atoms with Crippen LogP contribution in [0.3, 0.4) is 0 Å². The SMILES string of the molecule is CCCC(C)(NC(=O)CCCOc1ccc(C(C)=O)cc1)C(=O)O. The molecule has 0 heterocycles. The standard InChI is InChI=1S/C18H25NO5/c1-4-11-18(3,17(22)23)19-16(21)6-5-12-24-15-9-7-14(8-10-15)13(2)20/h7-10H,4-6,11-12H2,1-3H3,(H,19,21)(H,22,23). The van der Waals surface area contributed by atoms with Crippen LogP contribution in [-0.4, -0.2) is 34.9 Å². The number of hydrogen-bond donors (Lipinski definition) is 2. The van der Waals surface area contributed by atoms with Crippen LogP contribution >= 0.6 is 0 Å².